The molecule has 2 aliphatic rings. The van der Waals surface area contributed by atoms with Crippen LogP contribution >= 0.6 is 0 Å². The maximum Gasteiger partial charge on any atom is 0.215 e. The predicted octanol–water partition coefficient (Wildman–Crippen LogP) is 2.49. The number of nitrogens with zero attached hydrogens (tertiary/aromatic N) is 1. The van der Waals surface area contributed by atoms with E-state index in [4.69, 9.17) is 0 Å². The predicted molar refractivity (Wildman–Crippen MR) is 87.0 cm³/mol. The lowest BCUT2D eigenvalue weighted by Crippen LogP contribution is -2.42. The highest BCUT2D eigenvalue weighted by Gasteiger charge is 2.35. The molecule has 0 amide bonds. The fourth-order valence-electron chi connectivity index (χ4n) is 3.67. The number of fused-ring (bicyclic) bond motifs is 1. The van der Waals surface area contributed by atoms with Crippen LogP contribution in [0, 0.1) is 5.92 Å². The molecule has 0 radical (unpaired) electrons. The van der Waals surface area contributed by atoms with Gasteiger partial charge in [0.05, 0.1) is 18.4 Å². The zero-order valence-corrected chi connectivity index (χ0v) is 13.8. The van der Waals surface area contributed by atoms with E-state index >= 15 is 0 Å². The highest BCUT2D eigenvalue weighted by Crippen LogP contribution is 2.37. The van der Waals surface area contributed by atoms with Crippen LogP contribution in [-0.4, -0.2) is 36.7 Å². The van der Waals surface area contributed by atoms with Crippen molar-refractivity contribution < 1.29 is 13.5 Å². The first kappa shape index (κ1) is 16.0. The molecular weight excluding hydrogens is 298 g/mol. The molecule has 0 spiro atoms. The minimum absolute atomic E-state index is 0.109. The van der Waals surface area contributed by atoms with Crippen molar-refractivity contribution in [3.8, 4) is 0 Å². The van der Waals surface area contributed by atoms with Gasteiger partial charge in [0, 0.05) is 6.54 Å². The van der Waals surface area contributed by atoms with Gasteiger partial charge in [0.25, 0.3) is 0 Å². The third-order valence-corrected chi connectivity index (χ3v) is 7.08. The fraction of sp³-hybridized carbons (Fsp3) is 0.647. The number of aliphatic hydroxyl groups is 1. The molecular formula is C17H25NO3S. The molecule has 1 fully saturated rings. The zero-order chi connectivity index (χ0) is 15.6. The molecule has 1 unspecified atom stereocenters. The van der Waals surface area contributed by atoms with Crippen molar-refractivity contribution in [3.63, 3.8) is 0 Å². The Morgan fingerprint density at radius 3 is 2.59 bits per heavy atom. The maximum atomic E-state index is 12.8. The number of hydrogen-bond donors (Lipinski definition) is 1. The van der Waals surface area contributed by atoms with Gasteiger partial charge in [0.15, 0.2) is 0 Å². The quantitative estimate of drug-likeness (QED) is 0.875. The minimum atomic E-state index is -3.31. The summed E-state index contributed by atoms with van der Waals surface area (Å²) in [5, 5.41) is 9.38. The second-order valence-electron chi connectivity index (χ2n) is 6.52. The van der Waals surface area contributed by atoms with E-state index in [9.17, 15) is 13.5 Å². The van der Waals surface area contributed by atoms with Gasteiger partial charge in [0.2, 0.25) is 10.0 Å². The maximum absolute atomic E-state index is 12.8. The minimum Gasteiger partial charge on any atom is -0.395 e. The summed E-state index contributed by atoms with van der Waals surface area (Å²) in [5.74, 6) is 0.552. The van der Waals surface area contributed by atoms with Gasteiger partial charge < -0.3 is 5.11 Å². The Hall–Kier alpha value is -0.910. The summed E-state index contributed by atoms with van der Waals surface area (Å²) >= 11 is 0. The first-order chi connectivity index (χ1) is 10.6. The first-order valence-electron chi connectivity index (χ1n) is 8.30. The lowest BCUT2D eigenvalue weighted by atomic mass is 9.87. The largest absolute Gasteiger partial charge is 0.395 e. The van der Waals surface area contributed by atoms with E-state index in [0.29, 0.717) is 5.92 Å². The van der Waals surface area contributed by atoms with Gasteiger partial charge >= 0.3 is 0 Å². The van der Waals surface area contributed by atoms with E-state index in [1.54, 1.807) is 4.31 Å². The summed E-state index contributed by atoms with van der Waals surface area (Å²) in [7, 11) is -3.31. The lowest BCUT2D eigenvalue weighted by molar-refractivity contribution is 0.213. The van der Waals surface area contributed by atoms with E-state index < -0.39 is 10.0 Å². The Kier molecular flexibility index (Phi) is 4.85. The van der Waals surface area contributed by atoms with Crippen LogP contribution in [0.5, 0.6) is 0 Å². The first-order valence-corrected chi connectivity index (χ1v) is 9.91. The van der Waals surface area contributed by atoms with Crippen molar-refractivity contribution in [1.29, 1.82) is 0 Å². The fourth-order valence-corrected chi connectivity index (χ4v) is 5.75. The van der Waals surface area contributed by atoms with Crippen molar-refractivity contribution in [3.05, 3.63) is 35.4 Å². The standard InChI is InChI=1S/C17H25NO3S/c19-12-11-18(22(20,21)13-14-5-3-6-14)17-10-4-8-15-7-1-2-9-16(15)17/h1-2,7,9,14,17,19H,3-6,8,10-13H2. The van der Waals surface area contributed by atoms with E-state index in [0.717, 1.165) is 44.1 Å². The SMILES string of the molecule is O=S(=O)(CC1CCC1)N(CCO)C1CCCc2ccccc21. The van der Waals surface area contributed by atoms with Crippen molar-refractivity contribution in [2.75, 3.05) is 18.9 Å². The third kappa shape index (κ3) is 3.21. The average molecular weight is 323 g/mol. The zero-order valence-electron chi connectivity index (χ0n) is 12.9. The molecule has 4 nitrogen and oxygen atoms in total. The molecule has 2 aliphatic carbocycles. The van der Waals surface area contributed by atoms with Crippen molar-refractivity contribution >= 4 is 10.0 Å². The Balaban J connectivity index is 1.88. The number of hydrogen-bond acceptors (Lipinski definition) is 3. The van der Waals surface area contributed by atoms with Gasteiger partial charge in [-0.25, -0.2) is 8.42 Å². The second kappa shape index (κ2) is 6.69. The summed E-state index contributed by atoms with van der Waals surface area (Å²) < 4.78 is 27.3. The van der Waals surface area contributed by atoms with Crippen molar-refractivity contribution in [2.45, 2.75) is 44.6 Å². The number of aliphatic hydroxyl groups excluding tert-OH is 1. The van der Waals surface area contributed by atoms with Crippen LogP contribution in [0.25, 0.3) is 0 Å². The van der Waals surface area contributed by atoms with Gasteiger partial charge in [-0.05, 0) is 49.1 Å². The van der Waals surface area contributed by atoms with E-state index in [2.05, 4.69) is 6.07 Å². The van der Waals surface area contributed by atoms with Gasteiger partial charge in [-0.3, -0.25) is 0 Å². The third-order valence-electron chi connectivity index (χ3n) is 5.03. The average Bonchev–Trinajstić information content (AvgIpc) is 2.48. The number of rotatable bonds is 6. The van der Waals surface area contributed by atoms with Gasteiger partial charge in [-0.15, -0.1) is 0 Å². The molecule has 1 N–H and O–H groups in total. The van der Waals surface area contributed by atoms with E-state index in [1.807, 2.05) is 18.2 Å². The number of benzene rings is 1. The number of sulfonamides is 1. The Morgan fingerprint density at radius 1 is 1.14 bits per heavy atom. The van der Waals surface area contributed by atoms with Gasteiger partial charge in [-0.2, -0.15) is 4.31 Å². The van der Waals surface area contributed by atoms with Crippen LogP contribution < -0.4 is 0 Å². The van der Waals surface area contributed by atoms with Crippen LogP contribution in [-0.2, 0) is 16.4 Å². The molecule has 1 aromatic rings. The molecule has 1 saturated carbocycles. The monoisotopic (exact) mass is 323 g/mol. The van der Waals surface area contributed by atoms with Crippen molar-refractivity contribution in [2.24, 2.45) is 5.92 Å². The van der Waals surface area contributed by atoms with E-state index in [1.165, 1.54) is 5.56 Å². The van der Waals surface area contributed by atoms with Crippen molar-refractivity contribution in [1.82, 2.24) is 4.31 Å². The van der Waals surface area contributed by atoms with Crippen LogP contribution in [0.1, 0.15) is 49.3 Å². The Labute approximate surface area is 133 Å². The molecule has 3 rings (SSSR count). The van der Waals surface area contributed by atoms with Crippen LogP contribution in [0.4, 0.5) is 0 Å². The molecule has 0 bridgehead atoms. The Morgan fingerprint density at radius 2 is 1.91 bits per heavy atom. The van der Waals surface area contributed by atoms with Crippen LogP contribution in [0.2, 0.25) is 0 Å². The van der Waals surface area contributed by atoms with E-state index in [-0.39, 0.29) is 24.9 Å². The summed E-state index contributed by atoms with van der Waals surface area (Å²) in [5.41, 5.74) is 2.37. The molecule has 22 heavy (non-hydrogen) atoms. The Bertz CT molecular complexity index is 610. The number of aryl methyl sites for hydroxylation is 1. The molecule has 0 aliphatic heterocycles. The molecule has 0 heterocycles. The molecule has 0 saturated heterocycles. The molecule has 122 valence electrons. The van der Waals surface area contributed by atoms with Crippen LogP contribution in [0.3, 0.4) is 0 Å². The highest BCUT2D eigenvalue weighted by molar-refractivity contribution is 7.89. The molecule has 1 aromatic carbocycles. The second-order valence-corrected chi connectivity index (χ2v) is 8.48. The van der Waals surface area contributed by atoms with Gasteiger partial charge in [0.1, 0.15) is 0 Å². The molecule has 5 heteroatoms. The summed E-state index contributed by atoms with van der Waals surface area (Å²) in [6.07, 6.45) is 6.05. The summed E-state index contributed by atoms with van der Waals surface area (Å²) in [6, 6.07) is 8.02. The van der Waals surface area contributed by atoms with Crippen LogP contribution in [0.15, 0.2) is 24.3 Å². The summed E-state index contributed by atoms with van der Waals surface area (Å²) in [4.78, 5) is 0. The highest BCUT2D eigenvalue weighted by atomic mass is 32.2. The summed E-state index contributed by atoms with van der Waals surface area (Å²) in [6.45, 7) is 0.0800. The lowest BCUT2D eigenvalue weighted by Gasteiger charge is -2.36. The molecule has 1 atom stereocenters. The van der Waals surface area contributed by atoms with Gasteiger partial charge in [-0.1, -0.05) is 30.7 Å². The molecule has 0 aromatic heterocycles. The smallest absolute Gasteiger partial charge is 0.215 e. The normalized spacial score (nSPS) is 22.4. The topological polar surface area (TPSA) is 57.6 Å².